The fourth-order valence-electron chi connectivity index (χ4n) is 3.89. The molecule has 1 unspecified atom stereocenters. The number of fused-ring (bicyclic) bond motifs is 1. The SMILES string of the molecule is O=S1(=O)COc2cc(-c3ccc(OCC4CCN(c5ncc(Cl)cn5)C4)c(F)c3)ccc21. The molecule has 0 saturated carbocycles. The number of nitrogens with zero attached hydrogens (tertiary/aromatic N) is 3. The zero-order valence-corrected chi connectivity index (χ0v) is 18.4. The Hall–Kier alpha value is -2.91. The van der Waals surface area contributed by atoms with E-state index in [-0.39, 0.29) is 22.5 Å². The van der Waals surface area contributed by atoms with Crippen LogP contribution in [-0.4, -0.2) is 44.0 Å². The number of sulfone groups is 1. The molecule has 1 aromatic heterocycles. The van der Waals surface area contributed by atoms with E-state index < -0.39 is 15.7 Å². The van der Waals surface area contributed by atoms with Gasteiger partial charge in [0.15, 0.2) is 17.5 Å². The molecule has 1 saturated heterocycles. The van der Waals surface area contributed by atoms with Crippen LogP contribution in [0.25, 0.3) is 11.1 Å². The first-order valence-corrected chi connectivity index (χ1v) is 12.1. The molecule has 2 aromatic carbocycles. The number of benzene rings is 2. The average Bonchev–Trinajstić information content (AvgIpc) is 3.37. The second-order valence-corrected chi connectivity index (χ2v) is 10.1. The number of ether oxygens (including phenoxy) is 2. The van der Waals surface area contributed by atoms with E-state index in [1.165, 1.54) is 12.1 Å². The van der Waals surface area contributed by atoms with Crippen molar-refractivity contribution >= 4 is 27.4 Å². The van der Waals surface area contributed by atoms with Crippen LogP contribution in [0.3, 0.4) is 0 Å². The summed E-state index contributed by atoms with van der Waals surface area (Å²) in [7, 11) is -3.39. The van der Waals surface area contributed by atoms with Crippen molar-refractivity contribution in [2.45, 2.75) is 11.3 Å². The van der Waals surface area contributed by atoms with Crippen LogP contribution in [0.15, 0.2) is 53.7 Å². The van der Waals surface area contributed by atoms with Crippen LogP contribution in [0.2, 0.25) is 5.02 Å². The van der Waals surface area contributed by atoms with Crippen LogP contribution >= 0.6 is 11.6 Å². The van der Waals surface area contributed by atoms with E-state index in [1.54, 1.807) is 36.7 Å². The lowest BCUT2D eigenvalue weighted by Gasteiger charge is -2.16. The smallest absolute Gasteiger partial charge is 0.225 e. The van der Waals surface area contributed by atoms with Gasteiger partial charge < -0.3 is 14.4 Å². The first-order valence-electron chi connectivity index (χ1n) is 10.0. The van der Waals surface area contributed by atoms with Crippen molar-refractivity contribution < 1.29 is 22.3 Å². The fraction of sp³-hybridized carbons (Fsp3) is 0.273. The molecule has 0 radical (unpaired) electrons. The van der Waals surface area contributed by atoms with Crippen LogP contribution in [-0.2, 0) is 9.84 Å². The highest BCUT2D eigenvalue weighted by atomic mass is 35.5. The maximum absolute atomic E-state index is 14.7. The molecule has 0 bridgehead atoms. The standard InChI is InChI=1S/C22H19ClFN3O4S/c23-17-9-25-22(26-10-17)27-6-5-14(11-27)12-30-19-3-1-15(7-18(19)24)16-2-4-21-20(8-16)31-13-32(21,28)29/h1-4,7-10,14H,5-6,11-13H2. The molecule has 7 nitrogen and oxygen atoms in total. The van der Waals surface area contributed by atoms with Crippen molar-refractivity contribution in [2.24, 2.45) is 5.92 Å². The van der Waals surface area contributed by atoms with Crippen LogP contribution in [0.4, 0.5) is 10.3 Å². The summed E-state index contributed by atoms with van der Waals surface area (Å²) in [6.07, 6.45) is 4.02. The molecule has 2 aliphatic rings. The molecule has 0 aliphatic carbocycles. The molecule has 3 aromatic rings. The maximum Gasteiger partial charge on any atom is 0.225 e. The van der Waals surface area contributed by atoms with Crippen molar-refractivity contribution in [1.82, 2.24) is 9.97 Å². The lowest BCUT2D eigenvalue weighted by atomic mass is 10.0. The molecule has 1 atom stereocenters. The molecule has 0 N–H and O–H groups in total. The van der Waals surface area contributed by atoms with Crippen molar-refractivity contribution in [3.05, 3.63) is 59.6 Å². The lowest BCUT2D eigenvalue weighted by Crippen LogP contribution is -2.23. The molecule has 5 rings (SSSR count). The molecule has 2 aliphatic heterocycles. The van der Waals surface area contributed by atoms with Gasteiger partial charge in [-0.05, 0) is 41.8 Å². The molecule has 3 heterocycles. The predicted octanol–water partition coefficient (Wildman–Crippen LogP) is 3.97. The Balaban J connectivity index is 1.23. The minimum absolute atomic E-state index is 0.163. The van der Waals surface area contributed by atoms with Gasteiger partial charge in [0.25, 0.3) is 0 Å². The van der Waals surface area contributed by atoms with Crippen LogP contribution in [0.1, 0.15) is 6.42 Å². The van der Waals surface area contributed by atoms with Gasteiger partial charge in [0, 0.05) is 19.0 Å². The lowest BCUT2D eigenvalue weighted by molar-refractivity contribution is 0.250. The largest absolute Gasteiger partial charge is 0.490 e. The second kappa shape index (κ2) is 8.22. The van der Waals surface area contributed by atoms with Crippen molar-refractivity contribution in [3.63, 3.8) is 0 Å². The van der Waals surface area contributed by atoms with Gasteiger partial charge in [-0.3, -0.25) is 0 Å². The van der Waals surface area contributed by atoms with Crippen LogP contribution < -0.4 is 14.4 Å². The predicted molar refractivity (Wildman–Crippen MR) is 117 cm³/mol. The maximum atomic E-state index is 14.7. The van der Waals surface area contributed by atoms with E-state index in [0.29, 0.717) is 34.5 Å². The summed E-state index contributed by atoms with van der Waals surface area (Å²) in [4.78, 5) is 10.7. The topological polar surface area (TPSA) is 81.6 Å². The van der Waals surface area contributed by atoms with E-state index in [2.05, 4.69) is 14.9 Å². The van der Waals surface area contributed by atoms with E-state index in [4.69, 9.17) is 21.1 Å². The molecule has 0 amide bonds. The normalized spacial score (nSPS) is 18.9. The third-order valence-electron chi connectivity index (χ3n) is 5.56. The average molecular weight is 476 g/mol. The molecular formula is C22H19ClFN3O4S. The van der Waals surface area contributed by atoms with Gasteiger partial charge in [-0.2, -0.15) is 0 Å². The summed E-state index contributed by atoms with van der Waals surface area (Å²) in [5.41, 5.74) is 1.28. The monoisotopic (exact) mass is 475 g/mol. The summed E-state index contributed by atoms with van der Waals surface area (Å²) in [5, 5.41) is 0.490. The first kappa shape index (κ1) is 21.0. The first-order chi connectivity index (χ1) is 15.4. The molecular weight excluding hydrogens is 457 g/mol. The van der Waals surface area contributed by atoms with E-state index in [1.807, 2.05) is 0 Å². The quantitative estimate of drug-likeness (QED) is 0.552. The number of rotatable bonds is 5. The Bertz CT molecular complexity index is 1270. The van der Waals surface area contributed by atoms with Crippen molar-refractivity contribution in [2.75, 3.05) is 30.5 Å². The minimum Gasteiger partial charge on any atom is -0.490 e. The number of aromatic nitrogens is 2. The van der Waals surface area contributed by atoms with E-state index >= 15 is 0 Å². The van der Waals surface area contributed by atoms with E-state index in [9.17, 15) is 12.8 Å². The van der Waals surface area contributed by atoms with Crippen molar-refractivity contribution in [1.29, 1.82) is 0 Å². The molecule has 32 heavy (non-hydrogen) atoms. The third-order valence-corrected chi connectivity index (χ3v) is 7.19. The fourth-order valence-corrected chi connectivity index (χ4v) is 5.09. The Labute approximate surface area is 189 Å². The Morgan fingerprint density at radius 1 is 1.16 bits per heavy atom. The molecule has 1 fully saturated rings. The van der Waals surface area contributed by atoms with E-state index in [0.717, 1.165) is 19.5 Å². The summed E-state index contributed by atoms with van der Waals surface area (Å²) in [6.45, 7) is 1.90. The Morgan fingerprint density at radius 3 is 2.69 bits per heavy atom. The van der Waals surface area contributed by atoms with Gasteiger partial charge in [-0.25, -0.2) is 22.8 Å². The van der Waals surface area contributed by atoms with Gasteiger partial charge in [0.05, 0.1) is 24.0 Å². The highest BCUT2D eigenvalue weighted by Gasteiger charge is 2.28. The highest BCUT2D eigenvalue weighted by molar-refractivity contribution is 7.91. The third kappa shape index (κ3) is 4.10. The Morgan fingerprint density at radius 2 is 1.91 bits per heavy atom. The Kier molecular flexibility index (Phi) is 5.38. The zero-order chi connectivity index (χ0) is 22.3. The second-order valence-electron chi connectivity index (χ2n) is 7.80. The van der Waals surface area contributed by atoms with Gasteiger partial charge in [0.1, 0.15) is 10.6 Å². The van der Waals surface area contributed by atoms with Gasteiger partial charge >= 0.3 is 0 Å². The summed E-state index contributed by atoms with van der Waals surface area (Å²) >= 11 is 5.84. The summed E-state index contributed by atoms with van der Waals surface area (Å²) in [6, 6.07) is 9.46. The highest BCUT2D eigenvalue weighted by Crippen LogP contribution is 2.36. The minimum atomic E-state index is -3.39. The number of hydrogen-bond acceptors (Lipinski definition) is 7. The van der Waals surface area contributed by atoms with Gasteiger partial charge in [-0.15, -0.1) is 0 Å². The number of anilines is 1. The molecule has 10 heteroatoms. The molecule has 166 valence electrons. The summed E-state index contributed by atoms with van der Waals surface area (Å²) < 4.78 is 49.4. The summed E-state index contributed by atoms with van der Waals surface area (Å²) in [5.74, 6) is 0.471. The van der Waals surface area contributed by atoms with Crippen molar-refractivity contribution in [3.8, 4) is 22.6 Å². The number of halogens is 2. The van der Waals surface area contributed by atoms with Gasteiger partial charge in [0.2, 0.25) is 15.8 Å². The molecule has 0 spiro atoms. The van der Waals surface area contributed by atoms with Crippen LogP contribution in [0.5, 0.6) is 11.5 Å². The van der Waals surface area contributed by atoms with Crippen LogP contribution in [0, 0.1) is 11.7 Å². The number of hydrogen-bond donors (Lipinski definition) is 0. The van der Waals surface area contributed by atoms with Gasteiger partial charge in [-0.1, -0.05) is 23.7 Å². The zero-order valence-electron chi connectivity index (χ0n) is 16.9.